The predicted molar refractivity (Wildman–Crippen MR) is 70.4 cm³/mol. The molecule has 0 spiro atoms. The van der Waals surface area contributed by atoms with Crippen molar-refractivity contribution in [2.24, 2.45) is 0 Å². The fraction of sp³-hybridized carbons (Fsp3) is 0.0909. The minimum Gasteiger partial charge on any atom is -0.496 e. The monoisotopic (exact) mass is 294 g/mol. The Bertz CT molecular complexity index is 515. The third-order valence-electron chi connectivity index (χ3n) is 2.10. The summed E-state index contributed by atoms with van der Waals surface area (Å²) in [6.45, 7) is 0. The lowest BCUT2D eigenvalue weighted by atomic mass is 10.3. The number of nitrogens with two attached hydrogens (primary N) is 1. The second kappa shape index (κ2) is 5.01. The molecule has 0 fully saturated rings. The first-order valence-corrected chi connectivity index (χ1v) is 5.66. The molecule has 0 bridgehead atoms. The first kappa shape index (κ1) is 11.7. The third-order valence-corrected chi connectivity index (χ3v) is 2.72. The molecule has 0 aliphatic rings. The Hall–Kier alpha value is -1.82. The zero-order valence-corrected chi connectivity index (χ0v) is 10.7. The van der Waals surface area contributed by atoms with Gasteiger partial charge in [-0.25, -0.2) is 9.97 Å². The maximum absolute atomic E-state index is 5.46. The number of nitrogens with one attached hydrogen (secondary N) is 1. The first-order chi connectivity index (χ1) is 8.19. The maximum Gasteiger partial charge on any atom is 0.149 e. The van der Waals surface area contributed by atoms with Crippen LogP contribution in [-0.4, -0.2) is 17.1 Å². The number of ether oxygens (including phenoxy) is 1. The standard InChI is InChI=1S/C11H11BrN4O/c1-17-9-3-2-7(4-8(9)12)16-11-6-14-10(13)5-15-11/h2-6H,1H3,(H2,13,14)(H,15,16). The summed E-state index contributed by atoms with van der Waals surface area (Å²) in [7, 11) is 1.62. The normalized spacial score (nSPS) is 10.0. The van der Waals surface area contributed by atoms with Gasteiger partial charge in [-0.2, -0.15) is 0 Å². The van der Waals surface area contributed by atoms with Crippen molar-refractivity contribution in [2.75, 3.05) is 18.2 Å². The average molecular weight is 295 g/mol. The van der Waals surface area contributed by atoms with Crippen LogP contribution in [0.15, 0.2) is 35.1 Å². The summed E-state index contributed by atoms with van der Waals surface area (Å²) in [5.41, 5.74) is 6.34. The minimum atomic E-state index is 0.395. The Morgan fingerprint density at radius 3 is 2.71 bits per heavy atom. The second-order valence-corrected chi connectivity index (χ2v) is 4.16. The van der Waals surface area contributed by atoms with Gasteiger partial charge in [0, 0.05) is 5.69 Å². The molecular weight excluding hydrogens is 284 g/mol. The van der Waals surface area contributed by atoms with Crippen molar-refractivity contribution in [1.29, 1.82) is 0 Å². The lowest BCUT2D eigenvalue weighted by Gasteiger charge is -2.08. The zero-order valence-electron chi connectivity index (χ0n) is 9.14. The number of benzene rings is 1. The Morgan fingerprint density at radius 2 is 2.12 bits per heavy atom. The Kier molecular flexibility index (Phi) is 3.43. The highest BCUT2D eigenvalue weighted by Crippen LogP contribution is 2.28. The summed E-state index contributed by atoms with van der Waals surface area (Å²) in [5, 5.41) is 3.11. The Labute approximate surface area is 107 Å². The molecule has 88 valence electrons. The number of anilines is 3. The van der Waals surface area contributed by atoms with Gasteiger partial charge in [-0.3, -0.25) is 0 Å². The molecule has 2 aromatic rings. The molecule has 17 heavy (non-hydrogen) atoms. The number of halogens is 1. The molecule has 0 radical (unpaired) electrons. The van der Waals surface area contributed by atoms with E-state index in [0.29, 0.717) is 11.6 Å². The average Bonchev–Trinajstić information content (AvgIpc) is 2.32. The molecule has 0 unspecified atom stereocenters. The molecule has 1 aromatic carbocycles. The van der Waals surface area contributed by atoms with Crippen LogP contribution in [0.5, 0.6) is 5.75 Å². The second-order valence-electron chi connectivity index (χ2n) is 3.30. The van der Waals surface area contributed by atoms with Crippen molar-refractivity contribution in [1.82, 2.24) is 9.97 Å². The minimum absolute atomic E-state index is 0.395. The quantitative estimate of drug-likeness (QED) is 0.910. The summed E-state index contributed by atoms with van der Waals surface area (Å²) in [6, 6.07) is 5.65. The SMILES string of the molecule is COc1ccc(Nc2cnc(N)cn2)cc1Br. The van der Waals surface area contributed by atoms with E-state index in [1.54, 1.807) is 13.3 Å². The summed E-state index contributed by atoms with van der Waals surface area (Å²) < 4.78 is 6.02. The van der Waals surface area contributed by atoms with Gasteiger partial charge in [0.1, 0.15) is 17.4 Å². The molecule has 0 aliphatic heterocycles. The van der Waals surface area contributed by atoms with Crippen LogP contribution in [0.4, 0.5) is 17.3 Å². The number of methoxy groups -OCH3 is 1. The molecule has 0 amide bonds. The fourth-order valence-corrected chi connectivity index (χ4v) is 1.84. The van der Waals surface area contributed by atoms with Gasteiger partial charge in [-0.15, -0.1) is 0 Å². The maximum atomic E-state index is 5.46. The van der Waals surface area contributed by atoms with Crippen molar-refractivity contribution in [3.8, 4) is 5.75 Å². The fourth-order valence-electron chi connectivity index (χ4n) is 1.29. The molecule has 0 atom stereocenters. The van der Waals surface area contributed by atoms with Crippen molar-refractivity contribution in [3.05, 3.63) is 35.1 Å². The van der Waals surface area contributed by atoms with E-state index in [1.165, 1.54) is 6.20 Å². The van der Waals surface area contributed by atoms with Gasteiger partial charge in [0.2, 0.25) is 0 Å². The van der Waals surface area contributed by atoms with E-state index >= 15 is 0 Å². The van der Waals surface area contributed by atoms with E-state index in [2.05, 4.69) is 31.2 Å². The van der Waals surface area contributed by atoms with Crippen LogP contribution in [0.25, 0.3) is 0 Å². The first-order valence-electron chi connectivity index (χ1n) is 4.87. The van der Waals surface area contributed by atoms with E-state index < -0.39 is 0 Å². The van der Waals surface area contributed by atoms with Crippen LogP contribution in [0.3, 0.4) is 0 Å². The summed E-state index contributed by atoms with van der Waals surface area (Å²) in [4.78, 5) is 8.05. The van der Waals surface area contributed by atoms with E-state index in [-0.39, 0.29) is 0 Å². The van der Waals surface area contributed by atoms with Crippen LogP contribution in [-0.2, 0) is 0 Å². The van der Waals surface area contributed by atoms with Crippen molar-refractivity contribution >= 4 is 33.3 Å². The van der Waals surface area contributed by atoms with Gasteiger partial charge in [-0.1, -0.05) is 0 Å². The smallest absolute Gasteiger partial charge is 0.149 e. The highest BCUT2D eigenvalue weighted by Gasteiger charge is 2.02. The van der Waals surface area contributed by atoms with Gasteiger partial charge < -0.3 is 15.8 Å². The molecule has 0 aliphatic carbocycles. The molecule has 1 heterocycles. The van der Waals surface area contributed by atoms with Gasteiger partial charge >= 0.3 is 0 Å². The predicted octanol–water partition coefficient (Wildman–Crippen LogP) is 2.57. The lowest BCUT2D eigenvalue weighted by Crippen LogP contribution is -1.97. The molecule has 0 saturated heterocycles. The van der Waals surface area contributed by atoms with E-state index in [1.807, 2.05) is 18.2 Å². The lowest BCUT2D eigenvalue weighted by molar-refractivity contribution is 0.412. The summed E-state index contributed by atoms with van der Waals surface area (Å²) in [5.74, 6) is 1.81. The number of hydrogen-bond acceptors (Lipinski definition) is 5. The van der Waals surface area contributed by atoms with Gasteiger partial charge in [0.05, 0.1) is 24.0 Å². The van der Waals surface area contributed by atoms with Crippen LogP contribution >= 0.6 is 15.9 Å². The number of rotatable bonds is 3. The van der Waals surface area contributed by atoms with Crippen LogP contribution in [0.1, 0.15) is 0 Å². The van der Waals surface area contributed by atoms with E-state index in [4.69, 9.17) is 10.5 Å². The number of aromatic nitrogens is 2. The van der Waals surface area contributed by atoms with Gasteiger partial charge in [-0.05, 0) is 34.1 Å². The van der Waals surface area contributed by atoms with E-state index in [9.17, 15) is 0 Å². The van der Waals surface area contributed by atoms with Crippen LogP contribution < -0.4 is 15.8 Å². The van der Waals surface area contributed by atoms with Crippen LogP contribution in [0, 0.1) is 0 Å². The molecule has 1 aromatic heterocycles. The number of hydrogen-bond donors (Lipinski definition) is 2. The Morgan fingerprint density at radius 1 is 1.29 bits per heavy atom. The van der Waals surface area contributed by atoms with Gasteiger partial charge in [0.15, 0.2) is 0 Å². The topological polar surface area (TPSA) is 73.1 Å². The summed E-state index contributed by atoms with van der Waals surface area (Å²) >= 11 is 3.41. The molecule has 5 nitrogen and oxygen atoms in total. The highest BCUT2D eigenvalue weighted by atomic mass is 79.9. The van der Waals surface area contributed by atoms with Crippen molar-refractivity contribution in [3.63, 3.8) is 0 Å². The largest absolute Gasteiger partial charge is 0.496 e. The summed E-state index contributed by atoms with van der Waals surface area (Å²) in [6.07, 6.45) is 3.08. The molecule has 6 heteroatoms. The molecule has 2 rings (SSSR count). The van der Waals surface area contributed by atoms with Gasteiger partial charge in [0.25, 0.3) is 0 Å². The molecule has 3 N–H and O–H groups in total. The van der Waals surface area contributed by atoms with E-state index in [0.717, 1.165) is 15.9 Å². The van der Waals surface area contributed by atoms with Crippen molar-refractivity contribution < 1.29 is 4.74 Å². The zero-order chi connectivity index (χ0) is 12.3. The number of nitrogens with zero attached hydrogens (tertiary/aromatic N) is 2. The number of nitrogen functional groups attached to an aromatic ring is 1. The highest BCUT2D eigenvalue weighted by molar-refractivity contribution is 9.10. The van der Waals surface area contributed by atoms with Crippen LogP contribution in [0.2, 0.25) is 0 Å². The third kappa shape index (κ3) is 2.85. The van der Waals surface area contributed by atoms with Crippen molar-refractivity contribution in [2.45, 2.75) is 0 Å². The molecular formula is C11H11BrN4O. The molecule has 0 saturated carbocycles. The Balaban J connectivity index is 2.19.